The van der Waals surface area contributed by atoms with Crippen LogP contribution in [0.2, 0.25) is 0 Å². The summed E-state index contributed by atoms with van der Waals surface area (Å²) in [6, 6.07) is 7.30. The van der Waals surface area contributed by atoms with Crippen LogP contribution in [0.15, 0.2) is 24.3 Å². The van der Waals surface area contributed by atoms with Gasteiger partial charge in [-0.3, -0.25) is 4.79 Å². The van der Waals surface area contributed by atoms with Gasteiger partial charge in [0, 0.05) is 6.54 Å². The van der Waals surface area contributed by atoms with Crippen LogP contribution in [0.5, 0.6) is 5.75 Å². The maximum absolute atomic E-state index is 12.5. The van der Waals surface area contributed by atoms with E-state index in [0.717, 1.165) is 11.3 Å². The largest absolute Gasteiger partial charge is 0.497 e. The lowest BCUT2D eigenvalue weighted by Gasteiger charge is -2.32. The van der Waals surface area contributed by atoms with Gasteiger partial charge in [0.1, 0.15) is 5.75 Å². The van der Waals surface area contributed by atoms with Gasteiger partial charge in [-0.1, -0.05) is 12.1 Å². The van der Waals surface area contributed by atoms with E-state index in [-0.39, 0.29) is 25.0 Å². The number of rotatable bonds is 4. The fourth-order valence-electron chi connectivity index (χ4n) is 2.31. The van der Waals surface area contributed by atoms with E-state index in [1.165, 1.54) is 0 Å². The number of aliphatic carboxylic acids is 1. The number of carbonyl (C=O) groups is 2. The Bertz CT molecular complexity index is 513. The molecule has 1 fully saturated rings. The predicted octanol–water partition coefficient (Wildman–Crippen LogP) is 1.11. The Morgan fingerprint density at radius 3 is 2.62 bits per heavy atom. The van der Waals surface area contributed by atoms with E-state index in [9.17, 15) is 9.59 Å². The zero-order valence-electron chi connectivity index (χ0n) is 12.1. The first-order chi connectivity index (χ1) is 10.0. The van der Waals surface area contributed by atoms with Crippen LogP contribution in [0, 0.1) is 0 Å². The molecule has 0 aliphatic carbocycles. The van der Waals surface area contributed by atoms with Gasteiger partial charge in [-0.05, 0) is 24.6 Å². The van der Waals surface area contributed by atoms with Gasteiger partial charge < -0.3 is 19.5 Å². The predicted molar refractivity (Wildman–Crippen MR) is 75.4 cm³/mol. The highest BCUT2D eigenvalue weighted by Crippen LogP contribution is 2.22. The summed E-state index contributed by atoms with van der Waals surface area (Å²) in [7, 11) is 1.59. The average molecular weight is 293 g/mol. The van der Waals surface area contributed by atoms with Crippen LogP contribution >= 0.6 is 0 Å². The Labute approximate surface area is 123 Å². The van der Waals surface area contributed by atoms with Crippen LogP contribution in [0.3, 0.4) is 0 Å². The highest BCUT2D eigenvalue weighted by Gasteiger charge is 2.31. The highest BCUT2D eigenvalue weighted by molar-refractivity contribution is 5.84. The molecule has 0 radical (unpaired) electrons. The fourth-order valence-corrected chi connectivity index (χ4v) is 2.31. The number of morpholine rings is 1. The highest BCUT2D eigenvalue weighted by atomic mass is 16.5. The molecule has 6 heteroatoms. The van der Waals surface area contributed by atoms with Crippen molar-refractivity contribution in [1.29, 1.82) is 0 Å². The number of carbonyl (C=O) groups excluding carboxylic acids is 1. The standard InChI is InChI=1S/C15H19NO5/c1-10(11-3-5-12(20-2)6-4-11)14(17)16-7-8-21-13(9-16)15(18)19/h3-6,10,13H,7-9H2,1-2H3,(H,18,19)/t10-,13+/m1/s1. The van der Waals surface area contributed by atoms with E-state index in [1.54, 1.807) is 24.1 Å². The smallest absolute Gasteiger partial charge is 0.334 e. The fraction of sp³-hybridized carbons (Fsp3) is 0.467. The summed E-state index contributed by atoms with van der Waals surface area (Å²) in [5.41, 5.74) is 0.874. The summed E-state index contributed by atoms with van der Waals surface area (Å²) in [6.45, 7) is 2.57. The Hall–Kier alpha value is -2.08. The van der Waals surface area contributed by atoms with Crippen LogP contribution in [0.4, 0.5) is 0 Å². The van der Waals surface area contributed by atoms with Crippen LogP contribution in [0.25, 0.3) is 0 Å². The number of hydrogen-bond acceptors (Lipinski definition) is 4. The van der Waals surface area contributed by atoms with Crippen LogP contribution < -0.4 is 4.74 Å². The lowest BCUT2D eigenvalue weighted by Crippen LogP contribution is -2.49. The summed E-state index contributed by atoms with van der Waals surface area (Å²) in [5, 5.41) is 8.97. The molecule has 1 aromatic rings. The molecule has 1 amide bonds. The third-order valence-electron chi connectivity index (χ3n) is 3.64. The number of ether oxygens (including phenoxy) is 2. The van der Waals surface area contributed by atoms with Gasteiger partial charge >= 0.3 is 5.97 Å². The monoisotopic (exact) mass is 293 g/mol. The third-order valence-corrected chi connectivity index (χ3v) is 3.64. The maximum atomic E-state index is 12.5. The minimum atomic E-state index is -1.04. The first-order valence-electron chi connectivity index (χ1n) is 6.80. The van der Waals surface area contributed by atoms with Crippen molar-refractivity contribution in [3.63, 3.8) is 0 Å². The van der Waals surface area contributed by atoms with E-state index in [1.807, 2.05) is 19.1 Å². The van der Waals surface area contributed by atoms with Crippen molar-refractivity contribution >= 4 is 11.9 Å². The molecule has 21 heavy (non-hydrogen) atoms. The van der Waals surface area contributed by atoms with Crippen molar-refractivity contribution in [2.45, 2.75) is 18.9 Å². The Kier molecular flexibility index (Phi) is 4.80. The van der Waals surface area contributed by atoms with E-state index in [2.05, 4.69) is 0 Å². The van der Waals surface area contributed by atoms with Crippen molar-refractivity contribution < 1.29 is 24.2 Å². The Balaban J connectivity index is 2.05. The summed E-state index contributed by atoms with van der Waals surface area (Å²) >= 11 is 0. The molecule has 0 unspecified atom stereocenters. The number of methoxy groups -OCH3 is 1. The Morgan fingerprint density at radius 1 is 1.38 bits per heavy atom. The lowest BCUT2D eigenvalue weighted by molar-refractivity contribution is -0.159. The molecule has 2 rings (SSSR count). The molecule has 1 saturated heterocycles. The Morgan fingerprint density at radius 2 is 2.05 bits per heavy atom. The summed E-state index contributed by atoms with van der Waals surface area (Å²) in [4.78, 5) is 25.0. The molecule has 1 aliphatic rings. The lowest BCUT2D eigenvalue weighted by atomic mass is 9.99. The van der Waals surface area contributed by atoms with Gasteiger partial charge in [0.2, 0.25) is 5.91 Å². The van der Waals surface area contributed by atoms with Crippen molar-refractivity contribution in [3.05, 3.63) is 29.8 Å². The van der Waals surface area contributed by atoms with Crippen molar-refractivity contribution in [3.8, 4) is 5.75 Å². The second kappa shape index (κ2) is 6.58. The molecule has 1 heterocycles. The quantitative estimate of drug-likeness (QED) is 0.900. The van der Waals surface area contributed by atoms with E-state index in [0.29, 0.717) is 6.54 Å². The third kappa shape index (κ3) is 3.52. The number of hydrogen-bond donors (Lipinski definition) is 1. The molecule has 0 bridgehead atoms. The molecule has 6 nitrogen and oxygen atoms in total. The molecule has 0 spiro atoms. The molecule has 114 valence electrons. The maximum Gasteiger partial charge on any atom is 0.334 e. The van der Waals surface area contributed by atoms with Gasteiger partial charge in [-0.2, -0.15) is 0 Å². The first-order valence-corrected chi connectivity index (χ1v) is 6.80. The SMILES string of the molecule is COc1ccc([C@@H](C)C(=O)N2CCO[C@H](C(=O)O)C2)cc1. The van der Waals surface area contributed by atoms with Gasteiger partial charge in [0.05, 0.1) is 26.2 Å². The van der Waals surface area contributed by atoms with Crippen LogP contribution in [-0.4, -0.2) is 54.8 Å². The summed E-state index contributed by atoms with van der Waals surface area (Å²) in [5.74, 6) is -0.724. The summed E-state index contributed by atoms with van der Waals surface area (Å²) in [6.07, 6.45) is -0.939. The van der Waals surface area contributed by atoms with E-state index < -0.39 is 12.1 Å². The molecule has 2 atom stereocenters. The zero-order chi connectivity index (χ0) is 15.4. The number of benzene rings is 1. The molecular weight excluding hydrogens is 274 g/mol. The minimum Gasteiger partial charge on any atom is -0.497 e. The molecule has 1 aromatic carbocycles. The van der Waals surface area contributed by atoms with E-state index >= 15 is 0 Å². The normalized spacial score (nSPS) is 19.9. The summed E-state index contributed by atoms with van der Waals surface area (Å²) < 4.78 is 10.2. The first kappa shape index (κ1) is 15.3. The van der Waals surface area contributed by atoms with Crippen LogP contribution in [0.1, 0.15) is 18.4 Å². The minimum absolute atomic E-state index is 0.0882. The van der Waals surface area contributed by atoms with Gasteiger partial charge in [-0.15, -0.1) is 0 Å². The molecule has 0 saturated carbocycles. The topological polar surface area (TPSA) is 76.1 Å². The van der Waals surface area contributed by atoms with Crippen molar-refractivity contribution in [2.24, 2.45) is 0 Å². The molecular formula is C15H19NO5. The average Bonchev–Trinajstić information content (AvgIpc) is 2.53. The molecule has 1 N–H and O–H groups in total. The molecule has 1 aliphatic heterocycles. The van der Waals surface area contributed by atoms with Crippen LogP contribution in [-0.2, 0) is 14.3 Å². The van der Waals surface area contributed by atoms with Gasteiger partial charge in [0.15, 0.2) is 6.10 Å². The second-order valence-electron chi connectivity index (χ2n) is 4.98. The number of carboxylic acids is 1. The zero-order valence-corrected chi connectivity index (χ0v) is 12.1. The van der Waals surface area contributed by atoms with E-state index in [4.69, 9.17) is 14.6 Å². The second-order valence-corrected chi connectivity index (χ2v) is 4.98. The number of carboxylic acid groups (broad SMARTS) is 1. The number of amides is 1. The van der Waals surface area contributed by atoms with Crippen molar-refractivity contribution in [2.75, 3.05) is 26.8 Å². The number of nitrogens with zero attached hydrogens (tertiary/aromatic N) is 1. The van der Waals surface area contributed by atoms with Gasteiger partial charge in [0.25, 0.3) is 0 Å². The van der Waals surface area contributed by atoms with Crippen molar-refractivity contribution in [1.82, 2.24) is 4.90 Å². The van der Waals surface area contributed by atoms with Gasteiger partial charge in [-0.25, -0.2) is 4.79 Å². The molecule has 0 aromatic heterocycles.